The Morgan fingerprint density at radius 3 is 2.44 bits per heavy atom. The maximum Gasteiger partial charge on any atom is 0.254 e. The predicted octanol–water partition coefficient (Wildman–Crippen LogP) is 2.54. The molecule has 7 heteroatoms. The van der Waals surface area contributed by atoms with Crippen LogP contribution in [0.15, 0.2) is 24.3 Å². The zero-order chi connectivity index (χ0) is 17.6. The van der Waals surface area contributed by atoms with Gasteiger partial charge in [0.25, 0.3) is 5.91 Å². The fraction of sp³-hybridized carbons (Fsp3) is 0.444. The molecule has 25 heavy (non-hydrogen) atoms. The Kier molecular flexibility index (Phi) is 3.94. The van der Waals surface area contributed by atoms with E-state index < -0.39 is 11.6 Å². The summed E-state index contributed by atoms with van der Waals surface area (Å²) in [5.41, 5.74) is 1.33. The van der Waals surface area contributed by atoms with E-state index >= 15 is 0 Å². The van der Waals surface area contributed by atoms with Crippen LogP contribution in [-0.2, 0) is 7.05 Å². The first-order valence-corrected chi connectivity index (χ1v) is 8.56. The van der Waals surface area contributed by atoms with Gasteiger partial charge in [0.15, 0.2) is 11.6 Å². The van der Waals surface area contributed by atoms with E-state index in [1.165, 1.54) is 18.9 Å². The van der Waals surface area contributed by atoms with Gasteiger partial charge in [-0.3, -0.25) is 9.48 Å². The molecule has 0 unspecified atom stereocenters. The second-order valence-electron chi connectivity index (χ2n) is 6.73. The maximum absolute atomic E-state index is 13.3. The van der Waals surface area contributed by atoms with E-state index in [4.69, 9.17) is 0 Å². The van der Waals surface area contributed by atoms with Crippen molar-refractivity contribution < 1.29 is 13.6 Å². The number of aryl methyl sites for hydroxylation is 1. The van der Waals surface area contributed by atoms with E-state index in [0.717, 1.165) is 23.6 Å². The molecule has 5 nitrogen and oxygen atoms in total. The third kappa shape index (κ3) is 3.10. The number of hydrogen-bond donors (Lipinski definition) is 0. The summed E-state index contributed by atoms with van der Waals surface area (Å²) in [7, 11) is 1.94. The molecule has 0 spiro atoms. The van der Waals surface area contributed by atoms with E-state index in [1.807, 2.05) is 11.7 Å². The van der Waals surface area contributed by atoms with Crippen LogP contribution in [0.1, 0.15) is 34.8 Å². The van der Waals surface area contributed by atoms with Gasteiger partial charge in [-0.15, -0.1) is 0 Å². The van der Waals surface area contributed by atoms with E-state index in [1.54, 1.807) is 4.90 Å². The Labute approximate surface area is 144 Å². The highest BCUT2D eigenvalue weighted by molar-refractivity contribution is 5.94. The average Bonchev–Trinajstić information content (AvgIpc) is 3.39. The molecule has 1 amide bonds. The minimum absolute atomic E-state index is 0.184. The molecule has 1 aromatic carbocycles. The summed E-state index contributed by atoms with van der Waals surface area (Å²) in [5, 5.41) is 4.58. The molecule has 1 aliphatic carbocycles. The quantitative estimate of drug-likeness (QED) is 0.858. The lowest BCUT2D eigenvalue weighted by atomic mass is 10.1. The average molecular weight is 346 g/mol. The molecule has 2 aromatic rings. The van der Waals surface area contributed by atoms with Gasteiger partial charge < -0.3 is 9.80 Å². The molecule has 1 saturated carbocycles. The summed E-state index contributed by atoms with van der Waals surface area (Å²) in [6, 6.07) is 5.43. The van der Waals surface area contributed by atoms with Crippen molar-refractivity contribution in [2.45, 2.75) is 18.8 Å². The van der Waals surface area contributed by atoms with Crippen LogP contribution in [0.4, 0.5) is 14.6 Å². The molecule has 132 valence electrons. The summed E-state index contributed by atoms with van der Waals surface area (Å²) < 4.78 is 28.3. The molecule has 1 aliphatic heterocycles. The molecule has 2 aliphatic rings. The first kappa shape index (κ1) is 16.1. The minimum atomic E-state index is -0.994. The van der Waals surface area contributed by atoms with Gasteiger partial charge in [0.2, 0.25) is 0 Å². The summed E-state index contributed by atoms with van der Waals surface area (Å²) in [6.07, 6.45) is 2.43. The molecular weight excluding hydrogens is 326 g/mol. The molecule has 4 rings (SSSR count). The Morgan fingerprint density at radius 1 is 1.08 bits per heavy atom. The molecular formula is C18H20F2N4O. The number of halogens is 2. The van der Waals surface area contributed by atoms with Gasteiger partial charge in [-0.1, -0.05) is 0 Å². The van der Waals surface area contributed by atoms with Crippen molar-refractivity contribution in [1.29, 1.82) is 0 Å². The normalized spacial score (nSPS) is 17.9. The molecule has 2 heterocycles. The molecule has 0 radical (unpaired) electrons. The van der Waals surface area contributed by atoms with Crippen molar-refractivity contribution in [3.63, 3.8) is 0 Å². The number of benzene rings is 1. The largest absolute Gasteiger partial charge is 0.353 e. The second-order valence-corrected chi connectivity index (χ2v) is 6.73. The van der Waals surface area contributed by atoms with Crippen molar-refractivity contribution in [2.24, 2.45) is 7.05 Å². The van der Waals surface area contributed by atoms with Crippen LogP contribution < -0.4 is 4.90 Å². The van der Waals surface area contributed by atoms with Crippen LogP contribution in [-0.4, -0.2) is 46.8 Å². The number of carbonyl (C=O) groups excluding carboxylic acids is 1. The number of nitrogens with zero attached hydrogens (tertiary/aromatic N) is 4. The lowest BCUT2D eigenvalue weighted by Gasteiger charge is -2.35. The highest BCUT2D eigenvalue weighted by atomic mass is 19.2. The zero-order valence-electron chi connectivity index (χ0n) is 14.1. The minimum Gasteiger partial charge on any atom is -0.353 e. The zero-order valence-corrected chi connectivity index (χ0v) is 14.1. The topological polar surface area (TPSA) is 41.4 Å². The van der Waals surface area contributed by atoms with E-state index in [2.05, 4.69) is 16.1 Å². The van der Waals surface area contributed by atoms with Crippen LogP contribution in [0.3, 0.4) is 0 Å². The summed E-state index contributed by atoms with van der Waals surface area (Å²) in [4.78, 5) is 16.4. The van der Waals surface area contributed by atoms with Crippen molar-refractivity contribution in [1.82, 2.24) is 14.7 Å². The Bertz CT molecular complexity index is 807. The number of carbonyl (C=O) groups is 1. The predicted molar refractivity (Wildman–Crippen MR) is 89.7 cm³/mol. The van der Waals surface area contributed by atoms with Crippen molar-refractivity contribution in [3.05, 3.63) is 47.2 Å². The van der Waals surface area contributed by atoms with E-state index in [-0.39, 0.29) is 11.5 Å². The van der Waals surface area contributed by atoms with Gasteiger partial charge in [-0.25, -0.2) is 8.78 Å². The van der Waals surface area contributed by atoms with Gasteiger partial charge in [0.05, 0.1) is 5.69 Å². The van der Waals surface area contributed by atoms with Gasteiger partial charge in [0, 0.05) is 50.8 Å². The summed E-state index contributed by atoms with van der Waals surface area (Å²) >= 11 is 0. The second kappa shape index (κ2) is 6.13. The number of hydrogen-bond acceptors (Lipinski definition) is 3. The number of rotatable bonds is 3. The lowest BCUT2D eigenvalue weighted by molar-refractivity contribution is 0.0745. The maximum atomic E-state index is 13.3. The SMILES string of the molecule is Cn1nc(C2CC2)cc1N1CCN(C(=O)c2ccc(F)c(F)c2)CC1. The Balaban J connectivity index is 1.42. The van der Waals surface area contributed by atoms with Gasteiger partial charge in [-0.2, -0.15) is 5.10 Å². The van der Waals surface area contributed by atoms with Crippen molar-refractivity contribution in [3.8, 4) is 0 Å². The van der Waals surface area contributed by atoms with Crippen LogP contribution >= 0.6 is 0 Å². The molecule has 1 aromatic heterocycles. The summed E-state index contributed by atoms with van der Waals surface area (Å²) in [6.45, 7) is 2.47. The lowest BCUT2D eigenvalue weighted by Crippen LogP contribution is -2.49. The number of aromatic nitrogens is 2. The third-order valence-electron chi connectivity index (χ3n) is 4.93. The molecule has 0 atom stereocenters. The van der Waals surface area contributed by atoms with E-state index in [0.29, 0.717) is 32.1 Å². The number of anilines is 1. The highest BCUT2D eigenvalue weighted by Crippen LogP contribution is 2.40. The molecule has 0 N–H and O–H groups in total. The standard InChI is InChI=1S/C18H20F2N4O/c1-22-17(11-16(21-22)12-2-3-12)23-6-8-24(9-7-23)18(25)13-4-5-14(19)15(20)10-13/h4-5,10-12H,2-3,6-9H2,1H3. The van der Waals surface area contributed by atoms with Crippen molar-refractivity contribution in [2.75, 3.05) is 31.1 Å². The highest BCUT2D eigenvalue weighted by Gasteiger charge is 2.29. The van der Waals surface area contributed by atoms with Crippen LogP contribution in [0.25, 0.3) is 0 Å². The summed E-state index contributed by atoms with van der Waals surface area (Å²) in [5.74, 6) is -0.517. The fourth-order valence-electron chi connectivity index (χ4n) is 3.30. The first-order valence-electron chi connectivity index (χ1n) is 8.56. The Morgan fingerprint density at radius 2 is 1.80 bits per heavy atom. The van der Waals surface area contributed by atoms with Crippen LogP contribution in [0.5, 0.6) is 0 Å². The van der Waals surface area contributed by atoms with Gasteiger partial charge >= 0.3 is 0 Å². The number of amides is 1. The molecule has 0 bridgehead atoms. The van der Waals surface area contributed by atoms with E-state index in [9.17, 15) is 13.6 Å². The fourth-order valence-corrected chi connectivity index (χ4v) is 3.30. The third-order valence-corrected chi connectivity index (χ3v) is 4.93. The van der Waals surface area contributed by atoms with Gasteiger partial charge in [-0.05, 0) is 31.0 Å². The molecule has 1 saturated heterocycles. The first-order chi connectivity index (χ1) is 12.0. The van der Waals surface area contributed by atoms with Crippen LogP contribution in [0.2, 0.25) is 0 Å². The van der Waals surface area contributed by atoms with Gasteiger partial charge in [0.1, 0.15) is 5.82 Å². The van der Waals surface area contributed by atoms with Crippen molar-refractivity contribution >= 4 is 11.7 Å². The Hall–Kier alpha value is -2.44. The molecule has 2 fully saturated rings. The number of piperazine rings is 1. The van der Waals surface area contributed by atoms with Crippen LogP contribution in [0, 0.1) is 11.6 Å². The smallest absolute Gasteiger partial charge is 0.254 e. The monoisotopic (exact) mass is 346 g/mol.